The molecule has 0 spiro atoms. The predicted octanol–water partition coefficient (Wildman–Crippen LogP) is 1.89. The molecule has 1 aromatic rings. The largest absolute Gasteiger partial charge is 0.489 e. The monoisotopic (exact) mass is 180 g/mol. The summed E-state index contributed by atoms with van der Waals surface area (Å²) in [5.41, 5.74) is 6.55. The Morgan fingerprint density at radius 2 is 2.00 bits per heavy atom. The van der Waals surface area contributed by atoms with E-state index in [0.29, 0.717) is 0 Å². The lowest BCUT2D eigenvalue weighted by Gasteiger charge is -2.10. The van der Waals surface area contributed by atoms with Gasteiger partial charge in [-0.3, -0.25) is 4.98 Å². The van der Waals surface area contributed by atoms with Crippen LogP contribution < -0.4 is 10.5 Å². The van der Waals surface area contributed by atoms with Crippen molar-refractivity contribution < 1.29 is 4.74 Å². The molecule has 72 valence electrons. The van der Waals surface area contributed by atoms with Crippen LogP contribution in [0, 0.1) is 0 Å². The summed E-state index contributed by atoms with van der Waals surface area (Å²) >= 11 is 0. The van der Waals surface area contributed by atoms with Crippen molar-refractivity contribution in [1.82, 2.24) is 4.98 Å². The SMILES string of the molecule is CC(C)Oc1ccc([C@H](C)N)nc1. The van der Waals surface area contributed by atoms with Gasteiger partial charge in [-0.05, 0) is 32.9 Å². The van der Waals surface area contributed by atoms with Crippen LogP contribution >= 0.6 is 0 Å². The molecule has 1 atom stereocenters. The van der Waals surface area contributed by atoms with Crippen LogP contribution in [-0.4, -0.2) is 11.1 Å². The van der Waals surface area contributed by atoms with E-state index >= 15 is 0 Å². The fourth-order valence-corrected chi connectivity index (χ4v) is 1.00. The molecule has 2 N–H and O–H groups in total. The van der Waals surface area contributed by atoms with Gasteiger partial charge < -0.3 is 10.5 Å². The first-order valence-electron chi connectivity index (χ1n) is 4.48. The maximum atomic E-state index is 5.66. The standard InChI is InChI=1S/C10H16N2O/c1-7(2)13-9-4-5-10(8(3)11)12-6-9/h4-8H,11H2,1-3H3/t8-/m0/s1. The highest BCUT2D eigenvalue weighted by Gasteiger charge is 2.01. The summed E-state index contributed by atoms with van der Waals surface area (Å²) in [6.45, 7) is 5.88. The van der Waals surface area contributed by atoms with Gasteiger partial charge in [-0.2, -0.15) is 0 Å². The van der Waals surface area contributed by atoms with Crippen LogP contribution in [0.15, 0.2) is 18.3 Å². The molecule has 1 aromatic heterocycles. The van der Waals surface area contributed by atoms with Gasteiger partial charge in [0.1, 0.15) is 5.75 Å². The first-order chi connectivity index (χ1) is 6.09. The molecule has 1 rings (SSSR count). The number of pyridine rings is 1. The van der Waals surface area contributed by atoms with Crippen LogP contribution in [0.2, 0.25) is 0 Å². The molecule has 0 aliphatic rings. The number of hydrogen-bond acceptors (Lipinski definition) is 3. The van der Waals surface area contributed by atoms with Crippen molar-refractivity contribution >= 4 is 0 Å². The fourth-order valence-electron chi connectivity index (χ4n) is 1.00. The maximum absolute atomic E-state index is 5.66. The van der Waals surface area contributed by atoms with Crippen LogP contribution in [0.1, 0.15) is 32.5 Å². The molecule has 0 radical (unpaired) electrons. The number of hydrogen-bond donors (Lipinski definition) is 1. The molecule has 0 aliphatic heterocycles. The van der Waals surface area contributed by atoms with Crippen molar-refractivity contribution in [2.45, 2.75) is 32.9 Å². The summed E-state index contributed by atoms with van der Waals surface area (Å²) < 4.78 is 5.45. The third-order valence-electron chi connectivity index (χ3n) is 1.60. The Labute approximate surface area is 78.9 Å². The molecule has 13 heavy (non-hydrogen) atoms. The summed E-state index contributed by atoms with van der Waals surface area (Å²) in [5, 5.41) is 0. The highest BCUT2D eigenvalue weighted by Crippen LogP contribution is 2.13. The van der Waals surface area contributed by atoms with Gasteiger partial charge in [0.2, 0.25) is 0 Å². The molecule has 0 bridgehead atoms. The van der Waals surface area contributed by atoms with Gasteiger partial charge in [0, 0.05) is 6.04 Å². The molecule has 0 saturated heterocycles. The van der Waals surface area contributed by atoms with Crippen molar-refractivity contribution in [3.8, 4) is 5.75 Å². The maximum Gasteiger partial charge on any atom is 0.137 e. The zero-order chi connectivity index (χ0) is 9.84. The average Bonchev–Trinajstić information content (AvgIpc) is 2.04. The Hall–Kier alpha value is -1.09. The molecule has 0 saturated carbocycles. The summed E-state index contributed by atoms with van der Waals surface area (Å²) in [6.07, 6.45) is 1.89. The van der Waals surface area contributed by atoms with Crippen molar-refractivity contribution in [3.05, 3.63) is 24.0 Å². The molecule has 0 unspecified atom stereocenters. The Morgan fingerprint density at radius 1 is 1.31 bits per heavy atom. The van der Waals surface area contributed by atoms with Crippen molar-refractivity contribution in [3.63, 3.8) is 0 Å². The molecule has 0 amide bonds. The summed E-state index contributed by atoms with van der Waals surface area (Å²) in [6, 6.07) is 3.77. The third kappa shape index (κ3) is 3.03. The van der Waals surface area contributed by atoms with Gasteiger partial charge >= 0.3 is 0 Å². The van der Waals surface area contributed by atoms with Crippen LogP contribution in [0.25, 0.3) is 0 Å². The van der Waals surface area contributed by atoms with Gasteiger partial charge in [0.15, 0.2) is 0 Å². The van der Waals surface area contributed by atoms with Crippen molar-refractivity contribution in [2.75, 3.05) is 0 Å². The van der Waals surface area contributed by atoms with Gasteiger partial charge in [-0.15, -0.1) is 0 Å². The summed E-state index contributed by atoms with van der Waals surface area (Å²) in [7, 11) is 0. The zero-order valence-electron chi connectivity index (χ0n) is 8.32. The fraction of sp³-hybridized carbons (Fsp3) is 0.500. The van der Waals surface area contributed by atoms with E-state index in [1.165, 1.54) is 0 Å². The Kier molecular flexibility index (Phi) is 3.25. The van der Waals surface area contributed by atoms with Crippen LogP contribution in [0.5, 0.6) is 5.75 Å². The number of nitrogens with two attached hydrogens (primary N) is 1. The first-order valence-corrected chi connectivity index (χ1v) is 4.48. The summed E-state index contributed by atoms with van der Waals surface area (Å²) in [5.74, 6) is 0.791. The smallest absolute Gasteiger partial charge is 0.137 e. The lowest BCUT2D eigenvalue weighted by Crippen LogP contribution is -2.09. The van der Waals surface area contributed by atoms with E-state index in [-0.39, 0.29) is 12.1 Å². The molecule has 0 aliphatic carbocycles. The van der Waals surface area contributed by atoms with Crippen molar-refractivity contribution in [2.24, 2.45) is 5.73 Å². The molecular formula is C10H16N2O. The van der Waals surface area contributed by atoms with E-state index in [9.17, 15) is 0 Å². The second-order valence-corrected chi connectivity index (χ2v) is 3.37. The quantitative estimate of drug-likeness (QED) is 0.772. The van der Waals surface area contributed by atoms with Gasteiger partial charge in [0.25, 0.3) is 0 Å². The zero-order valence-corrected chi connectivity index (χ0v) is 8.32. The lowest BCUT2D eigenvalue weighted by atomic mass is 10.2. The van der Waals surface area contributed by atoms with E-state index in [2.05, 4.69) is 4.98 Å². The molecule has 3 nitrogen and oxygen atoms in total. The second-order valence-electron chi connectivity index (χ2n) is 3.37. The minimum Gasteiger partial charge on any atom is -0.489 e. The molecule has 0 fully saturated rings. The Bertz CT molecular complexity index is 254. The highest BCUT2D eigenvalue weighted by atomic mass is 16.5. The highest BCUT2D eigenvalue weighted by molar-refractivity contribution is 5.21. The van der Waals surface area contributed by atoms with E-state index < -0.39 is 0 Å². The molecule has 0 aromatic carbocycles. The predicted molar refractivity (Wildman–Crippen MR) is 52.6 cm³/mol. The van der Waals surface area contributed by atoms with E-state index in [4.69, 9.17) is 10.5 Å². The second kappa shape index (κ2) is 4.23. The number of nitrogens with zero attached hydrogens (tertiary/aromatic N) is 1. The van der Waals surface area contributed by atoms with Gasteiger partial charge in [0.05, 0.1) is 18.0 Å². The lowest BCUT2D eigenvalue weighted by molar-refractivity contribution is 0.241. The minimum atomic E-state index is -0.0203. The van der Waals surface area contributed by atoms with Gasteiger partial charge in [-0.25, -0.2) is 0 Å². The normalized spacial score (nSPS) is 13.0. The van der Waals surface area contributed by atoms with Crippen molar-refractivity contribution in [1.29, 1.82) is 0 Å². The number of rotatable bonds is 3. The van der Waals surface area contributed by atoms with Crippen LogP contribution in [-0.2, 0) is 0 Å². The van der Waals surface area contributed by atoms with E-state index in [1.54, 1.807) is 6.20 Å². The first kappa shape index (κ1) is 9.99. The summed E-state index contributed by atoms with van der Waals surface area (Å²) in [4.78, 5) is 4.18. The van der Waals surface area contributed by atoms with Crippen LogP contribution in [0.3, 0.4) is 0 Å². The number of ether oxygens (including phenoxy) is 1. The minimum absolute atomic E-state index is 0.0203. The Balaban J connectivity index is 2.70. The van der Waals surface area contributed by atoms with Gasteiger partial charge in [-0.1, -0.05) is 0 Å². The van der Waals surface area contributed by atoms with Crippen LogP contribution in [0.4, 0.5) is 0 Å². The topological polar surface area (TPSA) is 48.1 Å². The average molecular weight is 180 g/mol. The number of aromatic nitrogens is 1. The third-order valence-corrected chi connectivity index (χ3v) is 1.60. The Morgan fingerprint density at radius 3 is 2.38 bits per heavy atom. The molecular weight excluding hydrogens is 164 g/mol. The molecule has 3 heteroatoms. The van der Waals surface area contributed by atoms with E-state index in [0.717, 1.165) is 11.4 Å². The molecule has 1 heterocycles. The van der Waals surface area contributed by atoms with E-state index in [1.807, 2.05) is 32.9 Å².